The third-order valence-corrected chi connectivity index (χ3v) is 1.99. The van der Waals surface area contributed by atoms with Crippen LogP contribution < -0.4 is 0 Å². The summed E-state index contributed by atoms with van der Waals surface area (Å²) in [6.07, 6.45) is 17.4. The van der Waals surface area contributed by atoms with Crippen molar-refractivity contribution in [3.8, 4) is 24.7 Å². The second-order valence-electron chi connectivity index (χ2n) is 3.22. The quantitative estimate of drug-likeness (QED) is 0.415. The Balaban J connectivity index is 3.03. The van der Waals surface area contributed by atoms with Crippen molar-refractivity contribution in [3.05, 3.63) is 0 Å². The molecule has 0 heterocycles. The molecule has 0 aliphatic rings. The normalized spacial score (nSPS) is 11.6. The summed E-state index contributed by atoms with van der Waals surface area (Å²) in [5.74, 6) is 5.82. The van der Waals surface area contributed by atoms with Crippen molar-refractivity contribution in [3.63, 3.8) is 0 Å². The Morgan fingerprint density at radius 2 is 1.75 bits per heavy atom. The van der Waals surface area contributed by atoms with E-state index in [0.29, 0.717) is 5.92 Å². The number of rotatable bonds is 6. The molecule has 0 radical (unpaired) electrons. The fourth-order valence-corrected chi connectivity index (χ4v) is 1.11. The fraction of sp³-hybridized carbons (Fsp3) is 0.667. The van der Waals surface area contributed by atoms with E-state index in [1.807, 2.05) is 0 Å². The zero-order valence-corrected chi connectivity index (χ0v) is 7.97. The molecule has 0 aromatic carbocycles. The number of hydrogen-bond donors (Lipinski definition) is 0. The molecule has 0 aliphatic carbocycles. The van der Waals surface area contributed by atoms with Gasteiger partial charge >= 0.3 is 0 Å². The largest absolute Gasteiger partial charge is 0.120 e. The molecule has 0 heteroatoms. The van der Waals surface area contributed by atoms with Gasteiger partial charge in [0.1, 0.15) is 0 Å². The Morgan fingerprint density at radius 1 is 1.08 bits per heavy atom. The van der Waals surface area contributed by atoms with Crippen LogP contribution in [0.5, 0.6) is 0 Å². The first kappa shape index (κ1) is 11.1. The van der Waals surface area contributed by atoms with Gasteiger partial charge in [-0.15, -0.1) is 24.7 Å². The van der Waals surface area contributed by atoms with Crippen LogP contribution in [0.3, 0.4) is 0 Å². The molecule has 0 bridgehead atoms. The molecule has 0 rings (SSSR count). The molecule has 0 aromatic heterocycles. The Kier molecular flexibility index (Phi) is 7.62. The van der Waals surface area contributed by atoms with Crippen molar-refractivity contribution < 1.29 is 0 Å². The molecule has 0 spiro atoms. The summed E-state index contributed by atoms with van der Waals surface area (Å²) in [4.78, 5) is 0. The van der Waals surface area contributed by atoms with Gasteiger partial charge in [0.05, 0.1) is 0 Å². The lowest BCUT2D eigenvalue weighted by atomic mass is 10.0. The van der Waals surface area contributed by atoms with Crippen molar-refractivity contribution in [2.75, 3.05) is 0 Å². The van der Waals surface area contributed by atoms with Gasteiger partial charge in [0, 0.05) is 12.3 Å². The lowest BCUT2D eigenvalue weighted by Gasteiger charge is -2.02. The summed E-state index contributed by atoms with van der Waals surface area (Å²) in [6, 6.07) is 0. The van der Waals surface area contributed by atoms with Gasteiger partial charge in [0.25, 0.3) is 0 Å². The van der Waals surface area contributed by atoms with Crippen LogP contribution in [-0.4, -0.2) is 0 Å². The number of terminal acetylenes is 2. The number of hydrogen-bond acceptors (Lipinski definition) is 0. The second-order valence-corrected chi connectivity index (χ2v) is 3.22. The van der Waals surface area contributed by atoms with E-state index >= 15 is 0 Å². The van der Waals surface area contributed by atoms with Gasteiger partial charge in [-0.2, -0.15) is 0 Å². The molecule has 0 amide bonds. The Bertz CT molecular complexity index is 165. The average molecular weight is 162 g/mol. The van der Waals surface area contributed by atoms with Crippen LogP contribution in [0.4, 0.5) is 0 Å². The zero-order chi connectivity index (χ0) is 9.23. The van der Waals surface area contributed by atoms with E-state index in [9.17, 15) is 0 Å². The van der Waals surface area contributed by atoms with Gasteiger partial charge in [-0.1, -0.05) is 26.2 Å². The van der Waals surface area contributed by atoms with Gasteiger partial charge in [-0.25, -0.2) is 0 Å². The van der Waals surface area contributed by atoms with Crippen molar-refractivity contribution in [1.82, 2.24) is 0 Å². The van der Waals surface area contributed by atoms with Crippen LogP contribution >= 0.6 is 0 Å². The van der Waals surface area contributed by atoms with Crippen LogP contribution in [0.25, 0.3) is 0 Å². The molecular weight excluding hydrogens is 144 g/mol. The minimum absolute atomic E-state index is 0.442. The molecule has 66 valence electrons. The van der Waals surface area contributed by atoms with E-state index in [4.69, 9.17) is 12.8 Å². The molecule has 0 nitrogen and oxygen atoms in total. The lowest BCUT2D eigenvalue weighted by molar-refractivity contribution is 0.566. The monoisotopic (exact) mass is 162 g/mol. The summed E-state index contributed by atoms with van der Waals surface area (Å²) < 4.78 is 0. The third kappa shape index (κ3) is 7.23. The third-order valence-electron chi connectivity index (χ3n) is 1.99. The SMILES string of the molecule is C#CCCCCCCC(C)C#C. The van der Waals surface area contributed by atoms with Gasteiger partial charge in [-0.05, 0) is 12.8 Å². The maximum Gasteiger partial charge on any atom is 0.0171 e. The summed E-state index contributed by atoms with van der Waals surface area (Å²) >= 11 is 0. The predicted octanol–water partition coefficient (Wildman–Crippen LogP) is 3.23. The van der Waals surface area contributed by atoms with E-state index in [0.717, 1.165) is 12.8 Å². The van der Waals surface area contributed by atoms with Crippen LogP contribution in [0, 0.1) is 30.6 Å². The predicted molar refractivity (Wildman–Crippen MR) is 54.5 cm³/mol. The highest BCUT2D eigenvalue weighted by molar-refractivity contribution is 4.89. The summed E-state index contributed by atoms with van der Waals surface area (Å²) in [5.41, 5.74) is 0. The van der Waals surface area contributed by atoms with Gasteiger partial charge in [-0.3, -0.25) is 0 Å². The molecule has 0 aliphatic heterocycles. The lowest BCUT2D eigenvalue weighted by Crippen LogP contribution is -1.89. The molecule has 0 saturated heterocycles. The van der Waals surface area contributed by atoms with Gasteiger partial charge < -0.3 is 0 Å². The summed E-state index contributed by atoms with van der Waals surface area (Å²) in [5, 5.41) is 0. The fourth-order valence-electron chi connectivity index (χ4n) is 1.11. The van der Waals surface area contributed by atoms with E-state index in [2.05, 4.69) is 18.8 Å². The van der Waals surface area contributed by atoms with Crippen LogP contribution in [0.15, 0.2) is 0 Å². The van der Waals surface area contributed by atoms with Crippen LogP contribution in [0.1, 0.15) is 45.4 Å². The second kappa shape index (κ2) is 8.22. The molecule has 1 atom stereocenters. The summed E-state index contributed by atoms with van der Waals surface area (Å²) in [6.45, 7) is 2.10. The molecule has 0 fully saturated rings. The topological polar surface area (TPSA) is 0 Å². The first-order valence-electron chi connectivity index (χ1n) is 4.71. The Morgan fingerprint density at radius 3 is 2.33 bits per heavy atom. The van der Waals surface area contributed by atoms with Crippen LogP contribution in [0.2, 0.25) is 0 Å². The molecule has 12 heavy (non-hydrogen) atoms. The molecule has 0 saturated carbocycles. The minimum Gasteiger partial charge on any atom is -0.120 e. The first-order chi connectivity index (χ1) is 5.81. The van der Waals surface area contributed by atoms with Crippen molar-refractivity contribution in [2.24, 2.45) is 5.92 Å². The maximum absolute atomic E-state index is 5.26. The van der Waals surface area contributed by atoms with E-state index in [1.165, 1.54) is 25.7 Å². The maximum atomic E-state index is 5.26. The molecule has 0 aromatic rings. The van der Waals surface area contributed by atoms with E-state index in [1.54, 1.807) is 0 Å². The molecule has 0 N–H and O–H groups in total. The highest BCUT2D eigenvalue weighted by Crippen LogP contribution is 2.09. The average Bonchev–Trinajstić information content (AvgIpc) is 2.10. The molecule has 1 unspecified atom stereocenters. The Labute approximate surface area is 76.8 Å². The van der Waals surface area contributed by atoms with Crippen LogP contribution in [-0.2, 0) is 0 Å². The van der Waals surface area contributed by atoms with E-state index in [-0.39, 0.29) is 0 Å². The highest BCUT2D eigenvalue weighted by atomic mass is 14.0. The van der Waals surface area contributed by atoms with Crippen molar-refractivity contribution in [1.29, 1.82) is 0 Å². The van der Waals surface area contributed by atoms with Gasteiger partial charge in [0.15, 0.2) is 0 Å². The highest BCUT2D eigenvalue weighted by Gasteiger charge is 1.95. The van der Waals surface area contributed by atoms with Crippen molar-refractivity contribution >= 4 is 0 Å². The van der Waals surface area contributed by atoms with Crippen molar-refractivity contribution in [2.45, 2.75) is 45.4 Å². The number of unbranched alkanes of at least 4 members (excludes halogenated alkanes) is 4. The first-order valence-corrected chi connectivity index (χ1v) is 4.71. The smallest absolute Gasteiger partial charge is 0.0171 e. The Hall–Kier alpha value is -0.880. The molecular formula is C12H18. The van der Waals surface area contributed by atoms with E-state index < -0.39 is 0 Å². The zero-order valence-electron chi connectivity index (χ0n) is 7.97. The minimum atomic E-state index is 0.442. The standard InChI is InChI=1S/C12H18/c1-4-6-7-8-9-10-11-12(3)5-2/h1-2,12H,6-11H2,3H3. The van der Waals surface area contributed by atoms with Gasteiger partial charge in [0.2, 0.25) is 0 Å². The summed E-state index contributed by atoms with van der Waals surface area (Å²) in [7, 11) is 0.